The van der Waals surface area contributed by atoms with Crippen molar-refractivity contribution < 1.29 is 4.79 Å². The zero-order valence-electron chi connectivity index (χ0n) is 11.7. The third-order valence-corrected chi connectivity index (χ3v) is 4.90. The number of halogens is 1. The van der Waals surface area contributed by atoms with Gasteiger partial charge in [0, 0.05) is 26.0 Å². The molecule has 0 aliphatic carbocycles. The molecule has 0 saturated carbocycles. The van der Waals surface area contributed by atoms with Crippen molar-refractivity contribution in [1.29, 1.82) is 0 Å². The molecule has 0 spiro atoms. The molecule has 6 heteroatoms. The molecule has 2 heterocycles. The quantitative estimate of drug-likeness (QED) is 0.711. The second-order valence-corrected chi connectivity index (χ2v) is 7.20. The third-order valence-electron chi connectivity index (χ3n) is 3.35. The average molecular weight is 364 g/mol. The van der Waals surface area contributed by atoms with Gasteiger partial charge < -0.3 is 4.90 Å². The predicted molar refractivity (Wildman–Crippen MR) is 88.5 cm³/mol. The highest BCUT2D eigenvalue weighted by Crippen LogP contribution is 2.23. The molecule has 1 amide bonds. The van der Waals surface area contributed by atoms with Gasteiger partial charge in [0.05, 0.1) is 9.30 Å². The normalized spacial score (nSPS) is 11.0. The van der Waals surface area contributed by atoms with Crippen LogP contribution in [0, 0.1) is 0 Å². The lowest BCUT2D eigenvalue weighted by molar-refractivity contribution is 0.0780. The van der Waals surface area contributed by atoms with E-state index in [-0.39, 0.29) is 5.91 Å². The molecule has 0 atom stereocenters. The molecule has 0 N–H and O–H groups in total. The van der Waals surface area contributed by atoms with Crippen LogP contribution >= 0.6 is 27.3 Å². The summed E-state index contributed by atoms with van der Waals surface area (Å²) in [7, 11) is 3.66. The monoisotopic (exact) mass is 363 g/mol. The number of benzene rings is 1. The van der Waals surface area contributed by atoms with Gasteiger partial charge in [0.2, 0.25) is 0 Å². The van der Waals surface area contributed by atoms with Crippen molar-refractivity contribution in [2.24, 2.45) is 7.05 Å². The summed E-state index contributed by atoms with van der Waals surface area (Å²) in [6, 6.07) is 9.81. The molecule has 0 unspecified atom stereocenters. The number of carbonyl (C=O) groups is 1. The number of amides is 1. The average Bonchev–Trinajstić information content (AvgIpc) is 3.03. The number of fused-ring (bicyclic) bond motifs is 1. The van der Waals surface area contributed by atoms with Gasteiger partial charge in [0.1, 0.15) is 0 Å². The van der Waals surface area contributed by atoms with Gasteiger partial charge >= 0.3 is 0 Å². The molecule has 108 valence electrons. The highest BCUT2D eigenvalue weighted by Gasteiger charge is 2.19. The number of rotatable bonds is 3. The van der Waals surface area contributed by atoms with Crippen molar-refractivity contribution in [1.82, 2.24) is 14.7 Å². The van der Waals surface area contributed by atoms with Crippen LogP contribution in [0.1, 0.15) is 16.1 Å². The molecule has 1 aromatic carbocycles. The van der Waals surface area contributed by atoms with Crippen LogP contribution in [0.2, 0.25) is 0 Å². The van der Waals surface area contributed by atoms with Gasteiger partial charge in [0.15, 0.2) is 5.69 Å². The van der Waals surface area contributed by atoms with E-state index in [1.165, 1.54) is 0 Å². The fourth-order valence-corrected chi connectivity index (χ4v) is 3.53. The number of hydrogen-bond acceptors (Lipinski definition) is 3. The van der Waals surface area contributed by atoms with E-state index in [4.69, 9.17) is 0 Å². The summed E-state index contributed by atoms with van der Waals surface area (Å²) in [5.74, 6) is -0.0610. The SMILES string of the molecule is CN(Cc1csc(Br)c1)C(=O)c1nn(C)c2ccccc12. The first-order chi connectivity index (χ1) is 10.1. The molecule has 3 aromatic rings. The van der Waals surface area contributed by atoms with Crippen molar-refractivity contribution in [2.45, 2.75) is 6.54 Å². The Kier molecular flexibility index (Phi) is 3.82. The second-order valence-electron chi connectivity index (χ2n) is 4.91. The molecule has 21 heavy (non-hydrogen) atoms. The smallest absolute Gasteiger partial charge is 0.275 e. The van der Waals surface area contributed by atoms with Crippen LogP contribution in [0.4, 0.5) is 0 Å². The highest BCUT2D eigenvalue weighted by molar-refractivity contribution is 9.11. The number of hydrogen-bond donors (Lipinski definition) is 0. The maximum absolute atomic E-state index is 12.6. The van der Waals surface area contributed by atoms with Gasteiger partial charge in [-0.3, -0.25) is 9.48 Å². The number of carbonyl (C=O) groups excluding carboxylic acids is 1. The third kappa shape index (κ3) is 2.73. The molecule has 0 bridgehead atoms. The summed E-state index contributed by atoms with van der Waals surface area (Å²) in [5, 5.41) is 7.31. The molecule has 4 nitrogen and oxygen atoms in total. The summed E-state index contributed by atoms with van der Waals surface area (Å²) in [4.78, 5) is 14.3. The summed E-state index contributed by atoms with van der Waals surface area (Å²) >= 11 is 5.06. The van der Waals surface area contributed by atoms with Crippen molar-refractivity contribution in [3.8, 4) is 0 Å². The maximum atomic E-state index is 12.6. The summed E-state index contributed by atoms with van der Waals surface area (Å²) in [6.45, 7) is 0.575. The van der Waals surface area contributed by atoms with Gasteiger partial charge in [-0.05, 0) is 39.0 Å². The molecular formula is C15H14BrN3OS. The topological polar surface area (TPSA) is 38.1 Å². The Labute approximate surface area is 135 Å². The van der Waals surface area contributed by atoms with Crippen LogP contribution in [-0.4, -0.2) is 27.6 Å². The van der Waals surface area contributed by atoms with Gasteiger partial charge in [-0.2, -0.15) is 5.10 Å². The molecular weight excluding hydrogens is 350 g/mol. The fourth-order valence-electron chi connectivity index (χ4n) is 2.33. The number of thiophene rings is 1. The highest BCUT2D eigenvalue weighted by atomic mass is 79.9. The Morgan fingerprint density at radius 2 is 2.19 bits per heavy atom. The molecule has 0 saturated heterocycles. The summed E-state index contributed by atoms with van der Waals surface area (Å²) < 4.78 is 2.82. The van der Waals surface area contributed by atoms with E-state index in [9.17, 15) is 4.79 Å². The van der Waals surface area contributed by atoms with E-state index >= 15 is 0 Å². The first-order valence-electron chi connectivity index (χ1n) is 6.46. The van der Waals surface area contributed by atoms with Crippen LogP contribution in [0.3, 0.4) is 0 Å². The number of nitrogens with zero attached hydrogens (tertiary/aromatic N) is 3. The van der Waals surface area contributed by atoms with Crippen molar-refractivity contribution >= 4 is 44.1 Å². The lowest BCUT2D eigenvalue weighted by atomic mass is 10.2. The fraction of sp³-hybridized carbons (Fsp3) is 0.200. The van der Waals surface area contributed by atoms with Crippen molar-refractivity contribution in [2.75, 3.05) is 7.05 Å². The van der Waals surface area contributed by atoms with Gasteiger partial charge in [-0.1, -0.05) is 18.2 Å². The van der Waals surface area contributed by atoms with E-state index in [2.05, 4.69) is 21.0 Å². The van der Waals surface area contributed by atoms with Gasteiger partial charge in [-0.25, -0.2) is 0 Å². The van der Waals surface area contributed by atoms with Gasteiger partial charge in [0.25, 0.3) is 5.91 Å². The number of aryl methyl sites for hydroxylation is 1. The zero-order chi connectivity index (χ0) is 15.0. The van der Waals surface area contributed by atoms with E-state index in [0.717, 1.165) is 20.3 Å². The molecule has 3 rings (SSSR count). The van der Waals surface area contributed by atoms with E-state index in [1.807, 2.05) is 42.8 Å². The van der Waals surface area contributed by atoms with Crippen LogP contribution in [0.25, 0.3) is 10.9 Å². The first-order valence-corrected chi connectivity index (χ1v) is 8.13. The van der Waals surface area contributed by atoms with Gasteiger partial charge in [-0.15, -0.1) is 11.3 Å². The predicted octanol–water partition coefficient (Wildman–Crippen LogP) is 3.67. The molecule has 2 aromatic heterocycles. The molecule has 0 fully saturated rings. The van der Waals surface area contributed by atoms with Crippen LogP contribution in [0.15, 0.2) is 39.5 Å². The number of para-hydroxylation sites is 1. The largest absolute Gasteiger partial charge is 0.336 e. The minimum absolute atomic E-state index is 0.0610. The Bertz CT molecular complexity index is 808. The Morgan fingerprint density at radius 3 is 2.90 bits per heavy atom. The molecule has 0 aliphatic heterocycles. The van der Waals surface area contributed by atoms with Crippen LogP contribution in [-0.2, 0) is 13.6 Å². The minimum atomic E-state index is -0.0610. The Balaban J connectivity index is 1.89. The standard InChI is InChI=1S/C15H14BrN3OS/c1-18(8-10-7-13(16)21-9-10)15(20)14-11-5-3-4-6-12(11)19(2)17-14/h3-7,9H,8H2,1-2H3. The van der Waals surface area contributed by atoms with Crippen molar-refractivity contribution in [3.63, 3.8) is 0 Å². The van der Waals surface area contributed by atoms with E-state index in [1.54, 1.807) is 28.0 Å². The van der Waals surface area contributed by atoms with Crippen LogP contribution < -0.4 is 0 Å². The van der Waals surface area contributed by atoms with E-state index in [0.29, 0.717) is 12.2 Å². The summed E-state index contributed by atoms with van der Waals surface area (Å²) in [5.41, 5.74) is 2.58. The number of aromatic nitrogens is 2. The minimum Gasteiger partial charge on any atom is -0.336 e. The lowest BCUT2D eigenvalue weighted by Gasteiger charge is -2.15. The molecule has 0 radical (unpaired) electrons. The molecule has 0 aliphatic rings. The Hall–Kier alpha value is -1.66. The second kappa shape index (κ2) is 5.61. The Morgan fingerprint density at radius 1 is 1.43 bits per heavy atom. The zero-order valence-corrected chi connectivity index (χ0v) is 14.1. The van der Waals surface area contributed by atoms with E-state index < -0.39 is 0 Å². The first kappa shape index (κ1) is 14.3. The van der Waals surface area contributed by atoms with Crippen LogP contribution in [0.5, 0.6) is 0 Å². The maximum Gasteiger partial charge on any atom is 0.275 e. The van der Waals surface area contributed by atoms with Crippen molar-refractivity contribution in [3.05, 3.63) is 50.8 Å². The summed E-state index contributed by atoms with van der Waals surface area (Å²) in [6.07, 6.45) is 0. The lowest BCUT2D eigenvalue weighted by Crippen LogP contribution is -2.26.